The van der Waals surface area contributed by atoms with E-state index in [-0.39, 0.29) is 6.04 Å². The quantitative estimate of drug-likeness (QED) is 0.745. The lowest BCUT2D eigenvalue weighted by atomic mass is 10.0. The van der Waals surface area contributed by atoms with Crippen molar-refractivity contribution in [3.63, 3.8) is 0 Å². The van der Waals surface area contributed by atoms with Crippen LogP contribution in [0.5, 0.6) is 5.75 Å². The fraction of sp³-hybridized carbons (Fsp3) is 0.455. The van der Waals surface area contributed by atoms with E-state index >= 15 is 0 Å². The number of rotatable bonds is 5. The molecular weight excluding hydrogens is 176 g/mol. The van der Waals surface area contributed by atoms with Crippen LogP contribution in [0.15, 0.2) is 24.3 Å². The van der Waals surface area contributed by atoms with Crippen molar-refractivity contribution in [2.45, 2.75) is 19.4 Å². The average Bonchev–Trinajstić information content (AvgIpc) is 2.19. The summed E-state index contributed by atoms with van der Waals surface area (Å²) in [6.45, 7) is 3.22. The lowest BCUT2D eigenvalue weighted by Crippen LogP contribution is -2.16. The van der Waals surface area contributed by atoms with Crippen LogP contribution in [0.4, 0.5) is 0 Å². The van der Waals surface area contributed by atoms with Gasteiger partial charge in [0, 0.05) is 11.6 Å². The Kier molecular flexibility index (Phi) is 4.43. The van der Waals surface area contributed by atoms with E-state index < -0.39 is 0 Å². The van der Waals surface area contributed by atoms with Gasteiger partial charge in [0.05, 0.1) is 6.61 Å². The third-order valence-electron chi connectivity index (χ3n) is 2.10. The molecule has 14 heavy (non-hydrogen) atoms. The van der Waals surface area contributed by atoms with Crippen LogP contribution in [0.25, 0.3) is 0 Å². The van der Waals surface area contributed by atoms with Crippen molar-refractivity contribution >= 4 is 0 Å². The minimum atomic E-state index is -0.0252. The summed E-state index contributed by atoms with van der Waals surface area (Å²) < 4.78 is 5.48. The zero-order chi connectivity index (χ0) is 10.4. The molecule has 0 saturated heterocycles. The van der Waals surface area contributed by atoms with Gasteiger partial charge in [-0.2, -0.15) is 0 Å². The van der Waals surface area contributed by atoms with E-state index in [0.29, 0.717) is 13.2 Å². The number of para-hydroxylation sites is 1. The molecule has 0 unspecified atom stereocenters. The van der Waals surface area contributed by atoms with Gasteiger partial charge in [0.25, 0.3) is 0 Å². The van der Waals surface area contributed by atoms with Crippen molar-refractivity contribution in [3.8, 4) is 5.75 Å². The first kappa shape index (κ1) is 11.0. The molecule has 0 saturated carbocycles. The largest absolute Gasteiger partial charge is 0.494 e. The van der Waals surface area contributed by atoms with Crippen LogP contribution < -0.4 is 16.2 Å². The van der Waals surface area contributed by atoms with Crippen LogP contribution in [-0.4, -0.2) is 13.2 Å². The Labute approximate surface area is 85.0 Å². The smallest absolute Gasteiger partial charge is 0.124 e. The standard InChI is InChI=1S/C11H18N2O/c1-2-14-11-6-4-3-5-9(11)10(13)7-8-12/h3-6,10H,2,7-8,12-13H2,1H3/t10-/m1/s1. The summed E-state index contributed by atoms with van der Waals surface area (Å²) in [5.74, 6) is 0.871. The van der Waals surface area contributed by atoms with Gasteiger partial charge in [0.2, 0.25) is 0 Å². The molecule has 0 spiro atoms. The normalized spacial score (nSPS) is 12.5. The third kappa shape index (κ3) is 2.72. The zero-order valence-electron chi connectivity index (χ0n) is 8.57. The van der Waals surface area contributed by atoms with Crippen LogP contribution in [-0.2, 0) is 0 Å². The van der Waals surface area contributed by atoms with Gasteiger partial charge in [-0.15, -0.1) is 0 Å². The van der Waals surface area contributed by atoms with Gasteiger partial charge in [-0.1, -0.05) is 18.2 Å². The second kappa shape index (κ2) is 5.62. The second-order valence-electron chi connectivity index (χ2n) is 3.15. The molecule has 0 aliphatic rings. The molecule has 1 aromatic carbocycles. The monoisotopic (exact) mass is 194 g/mol. The van der Waals surface area contributed by atoms with E-state index in [1.165, 1.54) is 0 Å². The molecule has 0 bridgehead atoms. The molecule has 78 valence electrons. The van der Waals surface area contributed by atoms with Crippen LogP contribution in [0.2, 0.25) is 0 Å². The van der Waals surface area contributed by atoms with Crippen LogP contribution in [0, 0.1) is 0 Å². The van der Waals surface area contributed by atoms with Gasteiger partial charge in [-0.25, -0.2) is 0 Å². The topological polar surface area (TPSA) is 61.3 Å². The third-order valence-corrected chi connectivity index (χ3v) is 2.10. The van der Waals surface area contributed by atoms with E-state index in [4.69, 9.17) is 16.2 Å². The van der Waals surface area contributed by atoms with Crippen LogP contribution in [0.1, 0.15) is 24.9 Å². The maximum absolute atomic E-state index is 5.98. The summed E-state index contributed by atoms with van der Waals surface area (Å²) in [4.78, 5) is 0. The van der Waals surface area contributed by atoms with Crippen molar-refractivity contribution in [3.05, 3.63) is 29.8 Å². The average molecular weight is 194 g/mol. The summed E-state index contributed by atoms with van der Waals surface area (Å²) in [5, 5.41) is 0. The van der Waals surface area contributed by atoms with Crippen molar-refractivity contribution in [2.75, 3.05) is 13.2 Å². The van der Waals surface area contributed by atoms with Gasteiger partial charge < -0.3 is 16.2 Å². The SMILES string of the molecule is CCOc1ccccc1[C@H](N)CCN. The Morgan fingerprint density at radius 2 is 2.07 bits per heavy atom. The number of benzene rings is 1. The zero-order valence-corrected chi connectivity index (χ0v) is 8.57. The predicted octanol–water partition coefficient (Wildman–Crippen LogP) is 1.43. The minimum Gasteiger partial charge on any atom is -0.494 e. The first-order valence-electron chi connectivity index (χ1n) is 4.97. The lowest BCUT2D eigenvalue weighted by Gasteiger charge is -2.15. The van der Waals surface area contributed by atoms with Crippen molar-refractivity contribution in [1.29, 1.82) is 0 Å². The summed E-state index contributed by atoms with van der Waals surface area (Å²) in [6, 6.07) is 7.82. The molecule has 0 aromatic heterocycles. The molecule has 0 aliphatic heterocycles. The van der Waals surface area contributed by atoms with Gasteiger partial charge in [-0.05, 0) is 26.0 Å². The fourth-order valence-corrected chi connectivity index (χ4v) is 1.41. The molecule has 1 aromatic rings. The first-order valence-corrected chi connectivity index (χ1v) is 4.97. The molecule has 0 radical (unpaired) electrons. The molecule has 0 fully saturated rings. The highest BCUT2D eigenvalue weighted by atomic mass is 16.5. The Morgan fingerprint density at radius 1 is 1.36 bits per heavy atom. The number of hydrogen-bond donors (Lipinski definition) is 2. The summed E-state index contributed by atoms with van der Waals surface area (Å²) in [5.41, 5.74) is 12.5. The van der Waals surface area contributed by atoms with Gasteiger partial charge >= 0.3 is 0 Å². The lowest BCUT2D eigenvalue weighted by molar-refractivity contribution is 0.333. The molecule has 1 atom stereocenters. The Balaban J connectivity index is 2.82. The molecular formula is C11H18N2O. The van der Waals surface area contributed by atoms with E-state index in [2.05, 4.69) is 0 Å². The predicted molar refractivity (Wildman–Crippen MR) is 58.2 cm³/mol. The first-order chi connectivity index (χ1) is 6.79. The van der Waals surface area contributed by atoms with E-state index in [1.54, 1.807) is 0 Å². The molecule has 0 heterocycles. The summed E-state index contributed by atoms with van der Waals surface area (Å²) >= 11 is 0. The molecule has 4 N–H and O–H groups in total. The Morgan fingerprint density at radius 3 is 2.71 bits per heavy atom. The maximum Gasteiger partial charge on any atom is 0.124 e. The highest BCUT2D eigenvalue weighted by Crippen LogP contribution is 2.24. The second-order valence-corrected chi connectivity index (χ2v) is 3.15. The Bertz CT molecular complexity index is 276. The Hall–Kier alpha value is -1.06. The van der Waals surface area contributed by atoms with Crippen LogP contribution in [0.3, 0.4) is 0 Å². The molecule has 0 aliphatic carbocycles. The number of hydrogen-bond acceptors (Lipinski definition) is 3. The summed E-state index contributed by atoms with van der Waals surface area (Å²) in [6.07, 6.45) is 0.782. The minimum absolute atomic E-state index is 0.0252. The van der Waals surface area contributed by atoms with E-state index in [1.807, 2.05) is 31.2 Å². The van der Waals surface area contributed by atoms with Gasteiger partial charge in [0.1, 0.15) is 5.75 Å². The van der Waals surface area contributed by atoms with E-state index in [9.17, 15) is 0 Å². The molecule has 1 rings (SSSR count). The highest BCUT2D eigenvalue weighted by Gasteiger charge is 2.09. The van der Waals surface area contributed by atoms with Gasteiger partial charge in [0.15, 0.2) is 0 Å². The van der Waals surface area contributed by atoms with Crippen LogP contribution >= 0.6 is 0 Å². The molecule has 3 nitrogen and oxygen atoms in total. The summed E-state index contributed by atoms with van der Waals surface area (Å²) in [7, 11) is 0. The molecule has 3 heteroatoms. The van der Waals surface area contributed by atoms with E-state index in [0.717, 1.165) is 17.7 Å². The van der Waals surface area contributed by atoms with Crippen molar-refractivity contribution in [1.82, 2.24) is 0 Å². The van der Waals surface area contributed by atoms with Gasteiger partial charge in [-0.3, -0.25) is 0 Å². The number of nitrogens with two attached hydrogens (primary N) is 2. The number of ether oxygens (including phenoxy) is 1. The highest BCUT2D eigenvalue weighted by molar-refractivity contribution is 5.35. The van der Waals surface area contributed by atoms with Crippen molar-refractivity contribution in [2.24, 2.45) is 11.5 Å². The van der Waals surface area contributed by atoms with Crippen molar-refractivity contribution < 1.29 is 4.74 Å². The maximum atomic E-state index is 5.98. The molecule has 0 amide bonds. The fourth-order valence-electron chi connectivity index (χ4n) is 1.41.